The maximum Gasteiger partial charge on any atom is 0.164 e. The molecule has 0 bridgehead atoms. The molecule has 0 atom stereocenters. The number of pyridine rings is 1. The third-order valence-corrected chi connectivity index (χ3v) is 11.3. The summed E-state index contributed by atoms with van der Waals surface area (Å²) in [5.74, 6) is 1.91. The van der Waals surface area contributed by atoms with Crippen LogP contribution in [0.4, 0.5) is 0 Å². The molecule has 54 heavy (non-hydrogen) atoms. The number of hydrogen-bond donors (Lipinski definition) is 0. The van der Waals surface area contributed by atoms with Crippen LogP contribution in [0, 0.1) is 0 Å². The Morgan fingerprint density at radius 3 is 1.70 bits per heavy atom. The molecule has 0 saturated heterocycles. The van der Waals surface area contributed by atoms with Gasteiger partial charge in [-0.1, -0.05) is 146 Å². The molecule has 5 nitrogen and oxygen atoms in total. The van der Waals surface area contributed by atoms with Crippen molar-refractivity contribution >= 4 is 64.4 Å². The lowest BCUT2D eigenvalue weighted by molar-refractivity contribution is 0.670. The molecule has 0 spiro atoms. The van der Waals surface area contributed by atoms with E-state index in [1.807, 2.05) is 72.8 Å². The van der Waals surface area contributed by atoms with Crippen LogP contribution in [0.15, 0.2) is 174 Å². The largest absolute Gasteiger partial charge is 0.455 e. The average Bonchev–Trinajstić information content (AvgIpc) is 3.83. The minimum atomic E-state index is 0.625. The van der Waals surface area contributed by atoms with Crippen molar-refractivity contribution in [3.63, 3.8) is 0 Å². The normalized spacial score (nSPS) is 11.7. The second-order valence-corrected chi connectivity index (χ2v) is 14.4. The van der Waals surface area contributed by atoms with E-state index in [1.54, 1.807) is 11.3 Å². The zero-order chi connectivity index (χ0) is 35.6. The average molecular weight is 709 g/mol. The summed E-state index contributed by atoms with van der Waals surface area (Å²) in [7, 11) is 0. The van der Waals surface area contributed by atoms with Gasteiger partial charge in [-0.25, -0.2) is 19.9 Å². The van der Waals surface area contributed by atoms with Crippen LogP contribution in [0.2, 0.25) is 0 Å². The van der Waals surface area contributed by atoms with Gasteiger partial charge in [0.05, 0.1) is 15.9 Å². The van der Waals surface area contributed by atoms with Crippen molar-refractivity contribution in [1.82, 2.24) is 19.9 Å². The molecule has 6 heteroatoms. The summed E-state index contributed by atoms with van der Waals surface area (Å²) in [5.41, 5.74) is 9.71. The van der Waals surface area contributed by atoms with Gasteiger partial charge in [0.1, 0.15) is 11.2 Å². The van der Waals surface area contributed by atoms with Gasteiger partial charge < -0.3 is 4.42 Å². The summed E-state index contributed by atoms with van der Waals surface area (Å²) in [4.78, 5) is 20.1. The summed E-state index contributed by atoms with van der Waals surface area (Å²) < 4.78 is 8.84. The third-order valence-electron chi connectivity index (χ3n) is 10.1. The quantitative estimate of drug-likeness (QED) is 0.178. The van der Waals surface area contributed by atoms with Crippen molar-refractivity contribution in [3.8, 4) is 56.5 Å². The van der Waals surface area contributed by atoms with Gasteiger partial charge in [-0.15, -0.1) is 11.3 Å². The molecule has 11 rings (SSSR count). The Kier molecular flexibility index (Phi) is 6.97. The Morgan fingerprint density at radius 1 is 0.407 bits per heavy atom. The number of para-hydroxylation sites is 2. The van der Waals surface area contributed by atoms with Crippen LogP contribution in [0.3, 0.4) is 0 Å². The molecular weight excluding hydrogens is 681 g/mol. The predicted molar refractivity (Wildman–Crippen MR) is 222 cm³/mol. The summed E-state index contributed by atoms with van der Waals surface area (Å²) in [6.07, 6.45) is 0. The highest BCUT2D eigenvalue weighted by Gasteiger charge is 2.19. The lowest BCUT2D eigenvalue weighted by Crippen LogP contribution is -2.00. The Labute approximate surface area is 313 Å². The molecule has 0 aliphatic heterocycles. The fourth-order valence-corrected chi connectivity index (χ4v) is 8.77. The maximum atomic E-state index is 6.44. The number of thiophene rings is 1. The highest BCUT2D eigenvalue weighted by Crippen LogP contribution is 2.44. The molecule has 0 aliphatic carbocycles. The number of hydrogen-bond acceptors (Lipinski definition) is 6. The first-order valence-corrected chi connectivity index (χ1v) is 18.7. The van der Waals surface area contributed by atoms with Crippen LogP contribution in [-0.2, 0) is 0 Å². The second-order valence-electron chi connectivity index (χ2n) is 13.4. The molecule has 0 N–H and O–H groups in total. The zero-order valence-corrected chi connectivity index (χ0v) is 29.6. The second kappa shape index (κ2) is 12.3. The summed E-state index contributed by atoms with van der Waals surface area (Å²) in [6.45, 7) is 0. The van der Waals surface area contributed by atoms with E-state index in [1.165, 1.54) is 15.5 Å². The van der Waals surface area contributed by atoms with Gasteiger partial charge >= 0.3 is 0 Å². The van der Waals surface area contributed by atoms with Crippen LogP contribution < -0.4 is 0 Å². The van der Waals surface area contributed by atoms with Gasteiger partial charge in [0.15, 0.2) is 17.5 Å². The molecule has 0 amide bonds. The molecule has 0 radical (unpaired) electrons. The number of benzene rings is 7. The number of nitrogens with zero attached hydrogens (tertiary/aromatic N) is 4. The van der Waals surface area contributed by atoms with Crippen molar-refractivity contribution in [2.75, 3.05) is 0 Å². The van der Waals surface area contributed by atoms with E-state index in [0.717, 1.165) is 76.6 Å². The van der Waals surface area contributed by atoms with Crippen LogP contribution in [0.25, 0.3) is 110 Å². The van der Waals surface area contributed by atoms with Crippen molar-refractivity contribution in [1.29, 1.82) is 0 Å². The number of rotatable bonds is 5. The van der Waals surface area contributed by atoms with Gasteiger partial charge in [0.2, 0.25) is 0 Å². The Bertz CT molecular complexity index is 3150. The van der Waals surface area contributed by atoms with Crippen molar-refractivity contribution in [3.05, 3.63) is 170 Å². The monoisotopic (exact) mass is 708 g/mol. The Balaban J connectivity index is 1.06. The molecule has 11 aromatic rings. The molecular formula is C48H28N4OS. The molecule has 0 fully saturated rings. The molecule has 0 saturated carbocycles. The van der Waals surface area contributed by atoms with Crippen LogP contribution >= 0.6 is 11.3 Å². The minimum Gasteiger partial charge on any atom is -0.455 e. The van der Waals surface area contributed by atoms with Crippen LogP contribution in [-0.4, -0.2) is 19.9 Å². The first-order chi connectivity index (χ1) is 26.7. The smallest absolute Gasteiger partial charge is 0.164 e. The molecule has 4 aromatic heterocycles. The highest BCUT2D eigenvalue weighted by atomic mass is 32.1. The molecule has 252 valence electrons. The topological polar surface area (TPSA) is 64.7 Å². The van der Waals surface area contributed by atoms with Gasteiger partial charge in [-0.2, -0.15) is 0 Å². The Morgan fingerprint density at radius 2 is 0.981 bits per heavy atom. The van der Waals surface area contributed by atoms with Crippen LogP contribution in [0.1, 0.15) is 0 Å². The number of fused-ring (bicyclic) bond motifs is 8. The first kappa shape index (κ1) is 30.6. The standard InChI is InChI=1S/C48H28N4OS/c1-3-12-30(13-4-1)46-50-47(31-14-5-2-6-15-31)52-48(51-46)32-24-22-29(23-25-32)43-45-42(37-17-8-10-21-41(37)54-45)38-28-33(26-27-39(38)49-43)34-18-11-19-36-35-16-7-9-20-40(35)53-44(34)36/h1-28H. The summed E-state index contributed by atoms with van der Waals surface area (Å²) in [5, 5.41) is 5.82. The van der Waals surface area contributed by atoms with Gasteiger partial charge in [-0.05, 0) is 29.8 Å². The summed E-state index contributed by atoms with van der Waals surface area (Å²) >= 11 is 1.79. The van der Waals surface area contributed by atoms with E-state index >= 15 is 0 Å². The van der Waals surface area contributed by atoms with Crippen molar-refractivity contribution < 1.29 is 4.42 Å². The molecule has 0 unspecified atom stereocenters. The number of aromatic nitrogens is 4. The zero-order valence-electron chi connectivity index (χ0n) is 28.8. The molecule has 0 aliphatic rings. The van der Waals surface area contributed by atoms with E-state index < -0.39 is 0 Å². The molecule has 7 aromatic carbocycles. The van der Waals surface area contributed by atoms with E-state index in [-0.39, 0.29) is 0 Å². The Hall–Kier alpha value is -7.02. The highest BCUT2D eigenvalue weighted by molar-refractivity contribution is 7.26. The fourth-order valence-electron chi connectivity index (χ4n) is 7.54. The molecule has 4 heterocycles. The fraction of sp³-hybridized carbons (Fsp3) is 0. The first-order valence-electron chi connectivity index (χ1n) is 17.9. The van der Waals surface area contributed by atoms with Gasteiger partial charge in [0, 0.05) is 59.4 Å². The van der Waals surface area contributed by atoms with E-state index in [9.17, 15) is 0 Å². The van der Waals surface area contributed by atoms with Gasteiger partial charge in [0.25, 0.3) is 0 Å². The van der Waals surface area contributed by atoms with E-state index in [0.29, 0.717) is 17.5 Å². The van der Waals surface area contributed by atoms with Crippen molar-refractivity contribution in [2.45, 2.75) is 0 Å². The SMILES string of the molecule is c1ccc(-c2nc(-c3ccccc3)nc(-c3ccc(-c4nc5ccc(-c6cccc7c6oc6ccccc67)cc5c5c4sc4ccccc45)cc3)n2)cc1. The summed E-state index contributed by atoms with van der Waals surface area (Å²) in [6, 6.07) is 58.5. The maximum absolute atomic E-state index is 6.44. The lowest BCUT2D eigenvalue weighted by atomic mass is 9.97. The van der Waals surface area contributed by atoms with Gasteiger partial charge in [-0.3, -0.25) is 0 Å². The minimum absolute atomic E-state index is 0.625. The van der Waals surface area contributed by atoms with Crippen LogP contribution in [0.5, 0.6) is 0 Å². The number of furan rings is 1. The van der Waals surface area contributed by atoms with Crippen molar-refractivity contribution in [2.24, 2.45) is 0 Å². The lowest BCUT2D eigenvalue weighted by Gasteiger charge is -2.11. The van der Waals surface area contributed by atoms with E-state index in [2.05, 4.69) is 97.1 Å². The van der Waals surface area contributed by atoms with E-state index in [4.69, 9.17) is 24.4 Å². The third kappa shape index (κ3) is 4.99. The predicted octanol–water partition coefficient (Wildman–Crippen LogP) is 13.0.